The Morgan fingerprint density at radius 2 is 2.11 bits per heavy atom. The molecule has 0 saturated carbocycles. The van der Waals surface area contributed by atoms with Gasteiger partial charge in [-0.25, -0.2) is 4.39 Å². The standard InChI is InChI=1S/C15H17BrFNS/c1-10(8-13-4-3-7-19-13)18-11(2)14-6-5-12(17)9-15(14)16/h3-7,9-11,18H,8H2,1-2H3. The fourth-order valence-corrected chi connectivity index (χ4v) is 3.69. The Morgan fingerprint density at radius 1 is 1.32 bits per heavy atom. The Bertz CT molecular complexity index is 527. The lowest BCUT2D eigenvalue weighted by molar-refractivity contribution is 0.477. The van der Waals surface area contributed by atoms with Crippen LogP contribution in [0.3, 0.4) is 0 Å². The predicted octanol–water partition coefficient (Wildman–Crippen LogP) is 4.93. The van der Waals surface area contributed by atoms with Crippen molar-refractivity contribution >= 4 is 27.3 Å². The summed E-state index contributed by atoms with van der Waals surface area (Å²) in [6.45, 7) is 4.27. The van der Waals surface area contributed by atoms with Gasteiger partial charge in [0.15, 0.2) is 0 Å². The molecule has 0 aliphatic rings. The van der Waals surface area contributed by atoms with Crippen LogP contribution in [0.4, 0.5) is 4.39 Å². The van der Waals surface area contributed by atoms with Crippen molar-refractivity contribution in [3.05, 3.63) is 56.4 Å². The molecule has 0 amide bonds. The molecule has 0 aliphatic heterocycles. The molecule has 19 heavy (non-hydrogen) atoms. The van der Waals surface area contributed by atoms with Gasteiger partial charge in [0.1, 0.15) is 5.82 Å². The topological polar surface area (TPSA) is 12.0 Å². The van der Waals surface area contributed by atoms with Crippen LogP contribution >= 0.6 is 27.3 Å². The van der Waals surface area contributed by atoms with E-state index in [-0.39, 0.29) is 11.9 Å². The van der Waals surface area contributed by atoms with Crippen LogP contribution in [0, 0.1) is 5.82 Å². The number of rotatable bonds is 5. The molecule has 4 heteroatoms. The van der Waals surface area contributed by atoms with Crippen LogP contribution in [0.2, 0.25) is 0 Å². The highest BCUT2D eigenvalue weighted by Crippen LogP contribution is 2.25. The van der Waals surface area contributed by atoms with E-state index in [1.165, 1.54) is 17.0 Å². The predicted molar refractivity (Wildman–Crippen MR) is 83.1 cm³/mol. The smallest absolute Gasteiger partial charge is 0.124 e. The maximum Gasteiger partial charge on any atom is 0.124 e. The molecule has 0 aliphatic carbocycles. The van der Waals surface area contributed by atoms with Gasteiger partial charge in [-0.2, -0.15) is 0 Å². The second-order valence-electron chi connectivity index (χ2n) is 4.74. The van der Waals surface area contributed by atoms with Crippen molar-refractivity contribution in [1.82, 2.24) is 5.32 Å². The third-order valence-electron chi connectivity index (χ3n) is 3.05. The highest BCUT2D eigenvalue weighted by molar-refractivity contribution is 9.10. The van der Waals surface area contributed by atoms with Gasteiger partial charge in [-0.15, -0.1) is 11.3 Å². The van der Waals surface area contributed by atoms with Crippen LogP contribution in [-0.4, -0.2) is 6.04 Å². The first-order valence-electron chi connectivity index (χ1n) is 6.29. The molecule has 2 aromatic rings. The monoisotopic (exact) mass is 341 g/mol. The minimum atomic E-state index is -0.213. The normalized spacial score (nSPS) is 14.3. The minimum absolute atomic E-state index is 0.185. The van der Waals surface area contributed by atoms with E-state index >= 15 is 0 Å². The molecule has 0 saturated heterocycles. The van der Waals surface area contributed by atoms with Crippen molar-refractivity contribution in [2.75, 3.05) is 0 Å². The summed E-state index contributed by atoms with van der Waals surface area (Å²) < 4.78 is 13.9. The van der Waals surface area contributed by atoms with Crippen LogP contribution < -0.4 is 5.32 Å². The molecule has 2 rings (SSSR count). The van der Waals surface area contributed by atoms with Gasteiger partial charge in [0.2, 0.25) is 0 Å². The molecular formula is C15H17BrFNS. The van der Waals surface area contributed by atoms with Crippen LogP contribution in [0.1, 0.15) is 30.3 Å². The van der Waals surface area contributed by atoms with Gasteiger partial charge in [0.25, 0.3) is 0 Å². The van der Waals surface area contributed by atoms with E-state index in [4.69, 9.17) is 0 Å². The number of thiophene rings is 1. The molecular weight excluding hydrogens is 325 g/mol. The maximum absolute atomic E-state index is 13.1. The fourth-order valence-electron chi connectivity index (χ4n) is 2.16. The summed E-state index contributed by atoms with van der Waals surface area (Å²) in [5.41, 5.74) is 1.08. The molecule has 0 radical (unpaired) electrons. The van der Waals surface area contributed by atoms with Crippen molar-refractivity contribution in [2.24, 2.45) is 0 Å². The Balaban J connectivity index is 1.98. The minimum Gasteiger partial charge on any atom is -0.307 e. The summed E-state index contributed by atoms with van der Waals surface area (Å²) in [5, 5.41) is 5.65. The van der Waals surface area contributed by atoms with Crippen LogP contribution in [0.25, 0.3) is 0 Å². The first-order chi connectivity index (χ1) is 9.06. The third kappa shape index (κ3) is 4.13. The second kappa shape index (κ2) is 6.64. The molecule has 102 valence electrons. The Morgan fingerprint density at radius 3 is 2.74 bits per heavy atom. The molecule has 1 N–H and O–H groups in total. The average molecular weight is 342 g/mol. The van der Waals surface area contributed by atoms with Crippen LogP contribution in [-0.2, 0) is 6.42 Å². The quantitative estimate of drug-likeness (QED) is 0.812. The van der Waals surface area contributed by atoms with Crippen LogP contribution in [0.5, 0.6) is 0 Å². The molecule has 0 bridgehead atoms. The SMILES string of the molecule is CC(Cc1cccs1)NC(C)c1ccc(F)cc1Br. The lowest BCUT2D eigenvalue weighted by atomic mass is 10.1. The number of hydrogen-bond acceptors (Lipinski definition) is 2. The molecule has 2 unspecified atom stereocenters. The van der Waals surface area contributed by atoms with E-state index in [0.717, 1.165) is 16.5 Å². The number of nitrogens with one attached hydrogen (secondary N) is 1. The van der Waals surface area contributed by atoms with E-state index in [2.05, 4.69) is 52.6 Å². The van der Waals surface area contributed by atoms with E-state index in [0.29, 0.717) is 6.04 Å². The van der Waals surface area contributed by atoms with Crippen LogP contribution in [0.15, 0.2) is 40.2 Å². The fraction of sp³-hybridized carbons (Fsp3) is 0.333. The Labute approximate surface area is 126 Å². The van der Waals surface area contributed by atoms with E-state index < -0.39 is 0 Å². The lowest BCUT2D eigenvalue weighted by Crippen LogP contribution is -2.30. The second-order valence-corrected chi connectivity index (χ2v) is 6.63. The highest BCUT2D eigenvalue weighted by Gasteiger charge is 2.13. The van der Waals surface area contributed by atoms with E-state index in [1.807, 2.05) is 6.07 Å². The molecule has 0 fully saturated rings. The maximum atomic E-state index is 13.1. The summed E-state index contributed by atoms with van der Waals surface area (Å²) >= 11 is 5.20. The lowest BCUT2D eigenvalue weighted by Gasteiger charge is -2.21. The average Bonchev–Trinajstić information content (AvgIpc) is 2.81. The molecule has 1 heterocycles. The molecule has 1 aromatic heterocycles. The van der Waals surface area contributed by atoms with Gasteiger partial charge in [0, 0.05) is 21.4 Å². The summed E-state index contributed by atoms with van der Waals surface area (Å²) in [7, 11) is 0. The van der Waals surface area contributed by atoms with Crippen molar-refractivity contribution < 1.29 is 4.39 Å². The molecule has 0 spiro atoms. The first-order valence-corrected chi connectivity index (χ1v) is 7.97. The van der Waals surface area contributed by atoms with Gasteiger partial charge in [-0.05, 0) is 49.4 Å². The highest BCUT2D eigenvalue weighted by atomic mass is 79.9. The first kappa shape index (κ1) is 14.7. The van der Waals surface area contributed by atoms with Gasteiger partial charge in [0.05, 0.1) is 0 Å². The summed E-state index contributed by atoms with van der Waals surface area (Å²) in [6, 6.07) is 9.64. The third-order valence-corrected chi connectivity index (χ3v) is 4.64. The molecule has 1 aromatic carbocycles. The zero-order chi connectivity index (χ0) is 13.8. The molecule has 2 atom stereocenters. The van der Waals surface area contributed by atoms with Gasteiger partial charge >= 0.3 is 0 Å². The van der Waals surface area contributed by atoms with Crippen molar-refractivity contribution in [1.29, 1.82) is 0 Å². The van der Waals surface area contributed by atoms with Crippen molar-refractivity contribution in [2.45, 2.75) is 32.4 Å². The largest absolute Gasteiger partial charge is 0.307 e. The van der Waals surface area contributed by atoms with Gasteiger partial charge < -0.3 is 5.32 Å². The number of hydrogen-bond donors (Lipinski definition) is 1. The zero-order valence-electron chi connectivity index (χ0n) is 11.0. The van der Waals surface area contributed by atoms with Crippen molar-refractivity contribution in [3.8, 4) is 0 Å². The Hall–Kier alpha value is -0.710. The Kier molecular flexibility index (Phi) is 5.13. The van der Waals surface area contributed by atoms with Crippen molar-refractivity contribution in [3.63, 3.8) is 0 Å². The summed E-state index contributed by atoms with van der Waals surface area (Å²) in [6.07, 6.45) is 1.01. The van der Waals surface area contributed by atoms with Gasteiger partial charge in [-0.1, -0.05) is 28.1 Å². The number of halogens is 2. The summed E-state index contributed by atoms with van der Waals surface area (Å²) in [4.78, 5) is 1.38. The molecule has 1 nitrogen and oxygen atoms in total. The van der Waals surface area contributed by atoms with E-state index in [1.54, 1.807) is 11.3 Å². The van der Waals surface area contributed by atoms with E-state index in [9.17, 15) is 4.39 Å². The summed E-state index contributed by atoms with van der Waals surface area (Å²) in [5.74, 6) is -0.213. The van der Waals surface area contributed by atoms with Gasteiger partial charge in [-0.3, -0.25) is 0 Å². The zero-order valence-corrected chi connectivity index (χ0v) is 13.4. The number of benzene rings is 1.